The molecule has 0 spiro atoms. The van der Waals surface area contributed by atoms with Gasteiger partial charge in [0.1, 0.15) is 12.4 Å². The topological polar surface area (TPSA) is 79.6 Å². The summed E-state index contributed by atoms with van der Waals surface area (Å²) < 4.78 is 7.14. The van der Waals surface area contributed by atoms with Crippen molar-refractivity contribution in [3.8, 4) is 0 Å². The van der Waals surface area contributed by atoms with Gasteiger partial charge in [-0.25, -0.2) is 9.67 Å². The van der Waals surface area contributed by atoms with Crippen LogP contribution in [-0.4, -0.2) is 72.0 Å². The molecule has 3 heterocycles. The Hall–Kier alpha value is -0.940. The van der Waals surface area contributed by atoms with Crippen LogP contribution >= 0.6 is 24.0 Å². The number of fused-ring (bicyclic) bond motifs is 1. The quantitative estimate of drug-likeness (QED) is 0.231. The summed E-state index contributed by atoms with van der Waals surface area (Å²) in [6.45, 7) is 10.7. The van der Waals surface area contributed by atoms with E-state index in [0.717, 1.165) is 61.8 Å². The van der Waals surface area contributed by atoms with E-state index in [1.807, 2.05) is 11.7 Å². The van der Waals surface area contributed by atoms with E-state index in [1.165, 1.54) is 32.5 Å². The summed E-state index contributed by atoms with van der Waals surface area (Å²) in [4.78, 5) is 11.6. The Balaban J connectivity index is 0.00000320. The molecule has 1 aromatic heterocycles. The average Bonchev–Trinajstić information content (AvgIpc) is 3.08. The second-order valence-electron chi connectivity index (χ2n) is 8.85. The molecule has 0 aliphatic carbocycles. The predicted molar refractivity (Wildman–Crippen MR) is 131 cm³/mol. The molecule has 8 nitrogen and oxygen atoms in total. The molecule has 1 saturated heterocycles. The Morgan fingerprint density at radius 3 is 2.67 bits per heavy atom. The van der Waals surface area contributed by atoms with Gasteiger partial charge in [0, 0.05) is 46.3 Å². The summed E-state index contributed by atoms with van der Waals surface area (Å²) >= 11 is 0. The van der Waals surface area contributed by atoms with Gasteiger partial charge >= 0.3 is 0 Å². The average molecular weight is 534 g/mol. The maximum Gasteiger partial charge on any atom is 0.191 e. The van der Waals surface area contributed by atoms with Crippen molar-refractivity contribution < 1.29 is 4.74 Å². The zero-order chi connectivity index (χ0) is 20.6. The summed E-state index contributed by atoms with van der Waals surface area (Å²) in [5, 5.41) is 11.6. The molecule has 2 N–H and O–H groups in total. The number of aryl methyl sites for hydroxylation is 1. The predicted octanol–water partition coefficient (Wildman–Crippen LogP) is 2.28. The highest BCUT2D eigenvalue weighted by Crippen LogP contribution is 2.21. The van der Waals surface area contributed by atoms with Crippen molar-refractivity contribution in [1.82, 2.24) is 30.3 Å². The molecule has 1 fully saturated rings. The van der Waals surface area contributed by atoms with E-state index in [1.54, 1.807) is 7.11 Å². The normalized spacial score (nSPS) is 24.8. The van der Waals surface area contributed by atoms with Gasteiger partial charge in [-0.15, -0.1) is 24.0 Å². The molecule has 9 heteroatoms. The van der Waals surface area contributed by atoms with Gasteiger partial charge in [-0.3, -0.25) is 4.99 Å². The highest BCUT2D eigenvalue weighted by Gasteiger charge is 2.23. The third kappa shape index (κ3) is 7.64. The van der Waals surface area contributed by atoms with E-state index in [4.69, 9.17) is 4.74 Å². The van der Waals surface area contributed by atoms with Crippen molar-refractivity contribution in [2.75, 3.05) is 40.3 Å². The molecule has 2 aliphatic rings. The molecule has 0 radical (unpaired) electrons. The van der Waals surface area contributed by atoms with Crippen molar-refractivity contribution in [2.45, 2.75) is 65.1 Å². The highest BCUT2D eigenvalue weighted by molar-refractivity contribution is 14.0. The number of halogens is 1. The third-order valence-corrected chi connectivity index (χ3v) is 5.88. The van der Waals surface area contributed by atoms with Gasteiger partial charge < -0.3 is 20.3 Å². The fourth-order valence-electron chi connectivity index (χ4n) is 4.70. The number of likely N-dealkylation sites (tertiary alicyclic amines) is 1. The summed E-state index contributed by atoms with van der Waals surface area (Å²) in [6.07, 6.45) is 5.75. The largest absolute Gasteiger partial charge is 0.377 e. The van der Waals surface area contributed by atoms with Crippen LogP contribution in [0.1, 0.15) is 51.2 Å². The molecule has 3 atom stereocenters. The standard InChI is InChI=1S/C21H39N7O.HI/c1-16-11-17(2)13-27(12-16)10-6-5-9-23-21(22-3)24-18-7-8-20-25-19(15-29-4)26-28(20)14-18;/h16-18H,5-15H2,1-4H3,(H2,22,23,24);1H. The minimum atomic E-state index is 0. The number of aliphatic imine (C=N–C) groups is 1. The van der Waals surface area contributed by atoms with Crippen LogP contribution in [0.5, 0.6) is 0 Å². The Kier molecular flexibility index (Phi) is 10.8. The SMILES string of the molecule is CN=C(NCCCCN1CC(C)CC(C)C1)NC1CCc2nc(COC)nn2C1.I. The first-order valence-electron chi connectivity index (χ1n) is 11.2. The van der Waals surface area contributed by atoms with Crippen molar-refractivity contribution in [2.24, 2.45) is 16.8 Å². The molecular weight excluding hydrogens is 493 g/mol. The van der Waals surface area contributed by atoms with Crippen LogP contribution in [0.3, 0.4) is 0 Å². The first-order chi connectivity index (χ1) is 14.1. The Bertz CT molecular complexity index is 656. The molecule has 30 heavy (non-hydrogen) atoms. The number of unbranched alkanes of at least 4 members (excludes halogenated alkanes) is 1. The molecule has 2 aliphatic heterocycles. The van der Waals surface area contributed by atoms with Crippen LogP contribution in [-0.2, 0) is 24.3 Å². The van der Waals surface area contributed by atoms with Crippen LogP contribution in [0.4, 0.5) is 0 Å². The van der Waals surface area contributed by atoms with E-state index in [-0.39, 0.29) is 24.0 Å². The molecule has 0 amide bonds. The molecule has 172 valence electrons. The fraction of sp³-hybridized carbons (Fsp3) is 0.857. The zero-order valence-electron chi connectivity index (χ0n) is 19.1. The Morgan fingerprint density at radius 2 is 1.97 bits per heavy atom. The van der Waals surface area contributed by atoms with Crippen molar-refractivity contribution in [3.63, 3.8) is 0 Å². The lowest BCUT2D eigenvalue weighted by molar-refractivity contribution is 0.139. The lowest BCUT2D eigenvalue weighted by atomic mass is 9.92. The first kappa shape index (κ1) is 25.3. The van der Waals surface area contributed by atoms with Crippen LogP contribution in [0, 0.1) is 11.8 Å². The number of rotatable bonds is 8. The lowest BCUT2D eigenvalue weighted by Gasteiger charge is -2.35. The van der Waals surface area contributed by atoms with Crippen LogP contribution in [0.2, 0.25) is 0 Å². The minimum Gasteiger partial charge on any atom is -0.377 e. The van der Waals surface area contributed by atoms with E-state index in [2.05, 4.69) is 44.5 Å². The number of hydrogen-bond donors (Lipinski definition) is 2. The molecular formula is C21H40IN7O. The van der Waals surface area contributed by atoms with E-state index >= 15 is 0 Å². The van der Waals surface area contributed by atoms with Gasteiger partial charge in [-0.2, -0.15) is 5.10 Å². The van der Waals surface area contributed by atoms with Gasteiger partial charge in [-0.1, -0.05) is 13.8 Å². The second-order valence-corrected chi connectivity index (χ2v) is 8.85. The van der Waals surface area contributed by atoms with Gasteiger partial charge in [-0.05, 0) is 44.1 Å². The summed E-state index contributed by atoms with van der Waals surface area (Å²) in [5.74, 6) is 4.39. The maximum atomic E-state index is 5.14. The molecule has 0 saturated carbocycles. The number of ether oxygens (including phenoxy) is 1. The van der Waals surface area contributed by atoms with Gasteiger partial charge in [0.25, 0.3) is 0 Å². The molecule has 1 aromatic rings. The molecule has 3 unspecified atom stereocenters. The van der Waals surface area contributed by atoms with E-state index < -0.39 is 0 Å². The highest BCUT2D eigenvalue weighted by atomic mass is 127. The minimum absolute atomic E-state index is 0. The monoisotopic (exact) mass is 533 g/mol. The number of piperidine rings is 1. The maximum absolute atomic E-state index is 5.14. The number of nitrogens with zero attached hydrogens (tertiary/aromatic N) is 5. The van der Waals surface area contributed by atoms with Crippen molar-refractivity contribution in [1.29, 1.82) is 0 Å². The first-order valence-corrected chi connectivity index (χ1v) is 11.2. The van der Waals surface area contributed by atoms with Crippen LogP contribution < -0.4 is 10.6 Å². The van der Waals surface area contributed by atoms with E-state index in [9.17, 15) is 0 Å². The summed E-state index contributed by atoms with van der Waals surface area (Å²) in [7, 11) is 3.51. The fourth-order valence-corrected chi connectivity index (χ4v) is 4.70. The number of guanidine groups is 1. The van der Waals surface area contributed by atoms with Gasteiger partial charge in [0.15, 0.2) is 11.8 Å². The van der Waals surface area contributed by atoms with Gasteiger partial charge in [0.2, 0.25) is 0 Å². The Labute approximate surface area is 198 Å². The second kappa shape index (κ2) is 12.8. The molecule has 0 bridgehead atoms. The number of methoxy groups -OCH3 is 1. The zero-order valence-corrected chi connectivity index (χ0v) is 21.4. The van der Waals surface area contributed by atoms with Gasteiger partial charge in [0.05, 0.1) is 6.54 Å². The molecule has 0 aromatic carbocycles. The summed E-state index contributed by atoms with van der Waals surface area (Å²) in [6, 6.07) is 0.321. The number of aromatic nitrogens is 3. The smallest absolute Gasteiger partial charge is 0.191 e. The van der Waals surface area contributed by atoms with Crippen LogP contribution in [0.25, 0.3) is 0 Å². The van der Waals surface area contributed by atoms with Crippen molar-refractivity contribution in [3.05, 3.63) is 11.6 Å². The number of nitrogens with one attached hydrogen (secondary N) is 2. The summed E-state index contributed by atoms with van der Waals surface area (Å²) in [5.41, 5.74) is 0. The lowest BCUT2D eigenvalue weighted by Crippen LogP contribution is -2.47. The Morgan fingerprint density at radius 1 is 1.20 bits per heavy atom. The van der Waals surface area contributed by atoms with E-state index in [0.29, 0.717) is 12.6 Å². The number of hydrogen-bond acceptors (Lipinski definition) is 5. The third-order valence-electron chi connectivity index (χ3n) is 5.88. The molecule has 3 rings (SSSR count). The van der Waals surface area contributed by atoms with Crippen molar-refractivity contribution >= 4 is 29.9 Å². The van der Waals surface area contributed by atoms with Crippen LogP contribution in [0.15, 0.2) is 4.99 Å².